The highest BCUT2D eigenvalue weighted by Gasteiger charge is 2.24. The first-order chi connectivity index (χ1) is 12.0. The van der Waals surface area contributed by atoms with Crippen LogP contribution >= 0.6 is 0 Å². The van der Waals surface area contributed by atoms with Crippen molar-refractivity contribution >= 4 is 5.69 Å². The monoisotopic (exact) mass is 341 g/mol. The largest absolute Gasteiger partial charge is 0.371 e. The molecule has 0 amide bonds. The summed E-state index contributed by atoms with van der Waals surface area (Å²) in [6.45, 7) is 11.9. The van der Waals surface area contributed by atoms with Crippen molar-refractivity contribution in [1.82, 2.24) is 19.7 Å². The number of nitrogens with zero attached hydrogens (tertiary/aromatic N) is 5. The molecule has 25 heavy (non-hydrogen) atoms. The number of hydrogen-bond acceptors (Lipinski definition) is 4. The van der Waals surface area contributed by atoms with E-state index in [1.165, 1.54) is 29.7 Å². The quantitative estimate of drug-likeness (QED) is 0.833. The van der Waals surface area contributed by atoms with Crippen LogP contribution in [0, 0.1) is 13.8 Å². The van der Waals surface area contributed by atoms with Crippen LogP contribution in [0.25, 0.3) is 0 Å². The van der Waals surface area contributed by atoms with Crippen molar-refractivity contribution in [3.05, 3.63) is 41.5 Å². The SMILES string of the molecule is Cc1cccc(N2CCC(N(C)Cc3nncn3C(C)C)CC2)c1C. The first-order valence-electron chi connectivity index (χ1n) is 9.37. The molecule has 0 unspecified atom stereocenters. The summed E-state index contributed by atoms with van der Waals surface area (Å²) >= 11 is 0. The molecule has 3 rings (SSSR count). The number of hydrogen-bond donors (Lipinski definition) is 0. The number of aromatic nitrogens is 3. The fourth-order valence-electron chi connectivity index (χ4n) is 3.79. The Kier molecular flexibility index (Phi) is 5.42. The Labute approximate surface area is 151 Å². The molecule has 0 aliphatic carbocycles. The molecule has 2 heterocycles. The van der Waals surface area contributed by atoms with E-state index >= 15 is 0 Å². The lowest BCUT2D eigenvalue weighted by Gasteiger charge is -2.38. The summed E-state index contributed by atoms with van der Waals surface area (Å²) in [5.74, 6) is 1.06. The van der Waals surface area contributed by atoms with Gasteiger partial charge >= 0.3 is 0 Å². The molecular weight excluding hydrogens is 310 g/mol. The molecule has 0 atom stereocenters. The van der Waals surface area contributed by atoms with Crippen molar-refractivity contribution in [2.45, 2.75) is 59.2 Å². The number of benzene rings is 1. The number of piperidine rings is 1. The summed E-state index contributed by atoms with van der Waals surface area (Å²) in [6.07, 6.45) is 4.23. The van der Waals surface area contributed by atoms with Gasteiger partial charge in [-0.25, -0.2) is 0 Å². The number of aryl methyl sites for hydroxylation is 1. The van der Waals surface area contributed by atoms with E-state index in [0.717, 1.165) is 25.5 Å². The van der Waals surface area contributed by atoms with Crippen LogP contribution in [-0.2, 0) is 6.54 Å². The summed E-state index contributed by atoms with van der Waals surface area (Å²) in [5.41, 5.74) is 4.20. The minimum Gasteiger partial charge on any atom is -0.371 e. The smallest absolute Gasteiger partial charge is 0.147 e. The maximum absolute atomic E-state index is 4.32. The molecule has 2 aromatic rings. The maximum atomic E-state index is 4.32. The van der Waals surface area contributed by atoms with E-state index in [4.69, 9.17) is 0 Å². The molecule has 5 nitrogen and oxygen atoms in total. The zero-order chi connectivity index (χ0) is 18.0. The predicted molar refractivity (Wildman–Crippen MR) is 103 cm³/mol. The van der Waals surface area contributed by atoms with Crippen LogP contribution in [-0.4, -0.2) is 45.8 Å². The summed E-state index contributed by atoms with van der Waals surface area (Å²) < 4.78 is 2.17. The van der Waals surface area contributed by atoms with Crippen molar-refractivity contribution in [3.63, 3.8) is 0 Å². The van der Waals surface area contributed by atoms with Crippen molar-refractivity contribution < 1.29 is 0 Å². The van der Waals surface area contributed by atoms with Crippen LogP contribution in [0.3, 0.4) is 0 Å². The van der Waals surface area contributed by atoms with E-state index in [9.17, 15) is 0 Å². The Morgan fingerprint density at radius 1 is 1.20 bits per heavy atom. The fraction of sp³-hybridized carbons (Fsp3) is 0.600. The molecule has 0 spiro atoms. The third-order valence-corrected chi connectivity index (χ3v) is 5.60. The maximum Gasteiger partial charge on any atom is 0.147 e. The third kappa shape index (κ3) is 3.87. The van der Waals surface area contributed by atoms with Crippen LogP contribution in [0.15, 0.2) is 24.5 Å². The zero-order valence-electron chi connectivity index (χ0n) is 16.2. The average Bonchev–Trinajstić information content (AvgIpc) is 3.06. The standard InChI is InChI=1S/C20H31N5/c1-15(2)25-14-21-22-20(25)13-23(5)18-9-11-24(12-10-18)19-8-6-7-16(3)17(19)4/h6-8,14-15,18H,9-13H2,1-5H3. The highest BCUT2D eigenvalue weighted by Crippen LogP contribution is 2.27. The summed E-state index contributed by atoms with van der Waals surface area (Å²) in [4.78, 5) is 4.99. The van der Waals surface area contributed by atoms with E-state index in [0.29, 0.717) is 12.1 Å². The van der Waals surface area contributed by atoms with Gasteiger partial charge in [-0.1, -0.05) is 12.1 Å². The lowest BCUT2D eigenvalue weighted by molar-refractivity contribution is 0.192. The summed E-state index contributed by atoms with van der Waals surface area (Å²) in [7, 11) is 2.22. The van der Waals surface area contributed by atoms with Crippen molar-refractivity contribution in [2.75, 3.05) is 25.0 Å². The van der Waals surface area contributed by atoms with Crippen LogP contribution in [0.5, 0.6) is 0 Å². The van der Waals surface area contributed by atoms with Gasteiger partial charge in [0.1, 0.15) is 12.2 Å². The molecule has 1 aromatic carbocycles. The predicted octanol–water partition coefficient (Wildman–Crippen LogP) is 3.58. The van der Waals surface area contributed by atoms with Gasteiger partial charge in [-0.05, 0) is 64.8 Å². The Balaban J connectivity index is 1.60. The van der Waals surface area contributed by atoms with E-state index in [2.05, 4.69) is 77.5 Å². The first kappa shape index (κ1) is 17.9. The second-order valence-corrected chi connectivity index (χ2v) is 7.60. The van der Waals surface area contributed by atoms with Crippen LogP contribution < -0.4 is 4.90 Å². The van der Waals surface area contributed by atoms with Crippen molar-refractivity contribution in [1.29, 1.82) is 0 Å². The van der Waals surface area contributed by atoms with Gasteiger partial charge in [-0.2, -0.15) is 0 Å². The van der Waals surface area contributed by atoms with E-state index in [1.54, 1.807) is 0 Å². The van der Waals surface area contributed by atoms with Gasteiger partial charge in [0.25, 0.3) is 0 Å². The summed E-state index contributed by atoms with van der Waals surface area (Å²) in [5, 5.41) is 8.41. The summed E-state index contributed by atoms with van der Waals surface area (Å²) in [6, 6.07) is 7.65. The molecule has 0 N–H and O–H groups in total. The van der Waals surface area contributed by atoms with Gasteiger partial charge in [0.05, 0.1) is 6.54 Å². The van der Waals surface area contributed by atoms with Gasteiger partial charge < -0.3 is 9.47 Å². The second-order valence-electron chi connectivity index (χ2n) is 7.60. The highest BCUT2D eigenvalue weighted by molar-refractivity contribution is 5.56. The Hall–Kier alpha value is -1.88. The third-order valence-electron chi connectivity index (χ3n) is 5.60. The molecular formula is C20H31N5. The molecule has 0 radical (unpaired) electrons. The van der Waals surface area contributed by atoms with Crippen LogP contribution in [0.4, 0.5) is 5.69 Å². The lowest BCUT2D eigenvalue weighted by Crippen LogP contribution is -2.43. The number of anilines is 1. The van der Waals surface area contributed by atoms with Crippen LogP contribution in [0.1, 0.15) is 49.7 Å². The Morgan fingerprint density at radius 3 is 2.60 bits per heavy atom. The molecule has 0 saturated carbocycles. The van der Waals surface area contributed by atoms with Gasteiger partial charge in [0.15, 0.2) is 0 Å². The van der Waals surface area contributed by atoms with E-state index in [-0.39, 0.29) is 0 Å². The van der Waals surface area contributed by atoms with E-state index < -0.39 is 0 Å². The molecule has 136 valence electrons. The number of rotatable bonds is 5. The molecule has 1 aliphatic rings. The van der Waals surface area contributed by atoms with Gasteiger partial charge in [0, 0.05) is 30.9 Å². The molecule has 1 saturated heterocycles. The Morgan fingerprint density at radius 2 is 1.92 bits per heavy atom. The van der Waals surface area contributed by atoms with Gasteiger partial charge in [-0.3, -0.25) is 4.90 Å². The second kappa shape index (κ2) is 7.56. The highest BCUT2D eigenvalue weighted by atomic mass is 15.3. The van der Waals surface area contributed by atoms with Gasteiger partial charge in [0.2, 0.25) is 0 Å². The molecule has 1 fully saturated rings. The average molecular weight is 342 g/mol. The fourth-order valence-corrected chi connectivity index (χ4v) is 3.79. The molecule has 1 aliphatic heterocycles. The minimum absolute atomic E-state index is 0.407. The molecule has 1 aromatic heterocycles. The lowest BCUT2D eigenvalue weighted by atomic mass is 10.0. The minimum atomic E-state index is 0.407. The normalized spacial score (nSPS) is 16.2. The molecule has 5 heteroatoms. The zero-order valence-corrected chi connectivity index (χ0v) is 16.2. The van der Waals surface area contributed by atoms with Gasteiger partial charge in [-0.15, -0.1) is 10.2 Å². The Bertz CT molecular complexity index is 698. The topological polar surface area (TPSA) is 37.2 Å². The molecule has 0 bridgehead atoms. The van der Waals surface area contributed by atoms with E-state index in [1.807, 2.05) is 6.33 Å². The van der Waals surface area contributed by atoms with Crippen molar-refractivity contribution in [3.8, 4) is 0 Å². The van der Waals surface area contributed by atoms with Crippen molar-refractivity contribution in [2.24, 2.45) is 0 Å². The van der Waals surface area contributed by atoms with Crippen LogP contribution in [0.2, 0.25) is 0 Å². The first-order valence-corrected chi connectivity index (χ1v) is 9.37.